The van der Waals surface area contributed by atoms with E-state index >= 15 is 0 Å². The molecular formula is C14H28N2O2. The number of carbonyl (C=O) groups excluding carboxylic acids is 1. The molecule has 0 aromatic rings. The third kappa shape index (κ3) is 4.58. The lowest BCUT2D eigenvalue weighted by molar-refractivity contribution is -0.124. The summed E-state index contributed by atoms with van der Waals surface area (Å²) in [6.45, 7) is 6.54. The standard InChI is InChI=1S/C14H28N2O2/c1-11-5-7-12(8-6-11)15-13(18)9-16(4)14(2,3)10-17/h11-12,17H,5-10H2,1-4H3,(H,15,18). The summed E-state index contributed by atoms with van der Waals surface area (Å²) < 4.78 is 0. The van der Waals surface area contributed by atoms with Crippen molar-refractivity contribution < 1.29 is 9.90 Å². The van der Waals surface area contributed by atoms with Gasteiger partial charge in [0.25, 0.3) is 0 Å². The van der Waals surface area contributed by atoms with Gasteiger partial charge in [0.2, 0.25) is 5.91 Å². The van der Waals surface area contributed by atoms with Crippen LogP contribution in [0.1, 0.15) is 46.5 Å². The first kappa shape index (κ1) is 15.4. The fourth-order valence-electron chi connectivity index (χ4n) is 2.23. The van der Waals surface area contributed by atoms with Crippen molar-refractivity contribution in [1.82, 2.24) is 10.2 Å². The molecule has 0 aromatic heterocycles. The van der Waals surface area contributed by atoms with E-state index < -0.39 is 0 Å². The molecule has 0 aliphatic heterocycles. The van der Waals surface area contributed by atoms with Crippen LogP contribution in [0.25, 0.3) is 0 Å². The third-order valence-corrected chi connectivity index (χ3v) is 4.18. The zero-order valence-corrected chi connectivity index (χ0v) is 12.2. The highest BCUT2D eigenvalue weighted by molar-refractivity contribution is 5.78. The Bertz CT molecular complexity index is 271. The summed E-state index contributed by atoms with van der Waals surface area (Å²) in [7, 11) is 1.87. The molecule has 2 N–H and O–H groups in total. The maximum atomic E-state index is 11.9. The van der Waals surface area contributed by atoms with E-state index in [4.69, 9.17) is 0 Å². The molecule has 0 unspecified atom stereocenters. The summed E-state index contributed by atoms with van der Waals surface area (Å²) in [5, 5.41) is 12.4. The SMILES string of the molecule is CC1CCC(NC(=O)CN(C)C(C)(C)CO)CC1. The Morgan fingerprint density at radius 3 is 2.39 bits per heavy atom. The van der Waals surface area contributed by atoms with Gasteiger partial charge in [0.1, 0.15) is 0 Å². The largest absolute Gasteiger partial charge is 0.394 e. The van der Waals surface area contributed by atoms with E-state index in [9.17, 15) is 9.90 Å². The summed E-state index contributed by atoms with van der Waals surface area (Å²) in [5.74, 6) is 0.868. The van der Waals surface area contributed by atoms with Crippen molar-refractivity contribution >= 4 is 5.91 Å². The Balaban J connectivity index is 2.33. The average Bonchev–Trinajstić information content (AvgIpc) is 2.32. The molecule has 0 aromatic carbocycles. The van der Waals surface area contributed by atoms with Crippen molar-refractivity contribution in [2.24, 2.45) is 5.92 Å². The first-order valence-corrected chi connectivity index (χ1v) is 6.96. The molecule has 1 saturated carbocycles. The van der Waals surface area contributed by atoms with Crippen molar-refractivity contribution in [2.45, 2.75) is 58.0 Å². The summed E-state index contributed by atoms with van der Waals surface area (Å²) in [5.41, 5.74) is -0.349. The monoisotopic (exact) mass is 256 g/mol. The van der Waals surface area contributed by atoms with Gasteiger partial charge in [-0.15, -0.1) is 0 Å². The number of rotatable bonds is 5. The number of hydrogen-bond donors (Lipinski definition) is 2. The van der Waals surface area contributed by atoms with E-state index in [1.165, 1.54) is 12.8 Å². The van der Waals surface area contributed by atoms with Gasteiger partial charge in [-0.05, 0) is 52.5 Å². The highest BCUT2D eigenvalue weighted by atomic mass is 16.3. The van der Waals surface area contributed by atoms with E-state index in [2.05, 4.69) is 12.2 Å². The molecule has 0 atom stereocenters. The maximum Gasteiger partial charge on any atom is 0.234 e. The number of aliphatic hydroxyl groups is 1. The van der Waals surface area contributed by atoms with Gasteiger partial charge in [-0.2, -0.15) is 0 Å². The van der Waals surface area contributed by atoms with Gasteiger partial charge in [-0.25, -0.2) is 0 Å². The van der Waals surface area contributed by atoms with Gasteiger partial charge >= 0.3 is 0 Å². The van der Waals surface area contributed by atoms with Crippen LogP contribution in [0.3, 0.4) is 0 Å². The first-order chi connectivity index (χ1) is 8.35. The van der Waals surface area contributed by atoms with Gasteiger partial charge in [0.05, 0.1) is 13.2 Å². The molecule has 0 radical (unpaired) electrons. The Kier molecular flexibility index (Phi) is 5.60. The third-order valence-electron chi connectivity index (χ3n) is 4.18. The van der Waals surface area contributed by atoms with Gasteiger partial charge < -0.3 is 10.4 Å². The lowest BCUT2D eigenvalue weighted by Gasteiger charge is -2.34. The molecule has 0 spiro atoms. The second-order valence-electron chi connectivity index (χ2n) is 6.35. The van der Waals surface area contributed by atoms with Crippen molar-refractivity contribution in [3.8, 4) is 0 Å². The molecule has 1 amide bonds. The normalized spacial score (nSPS) is 25.2. The minimum atomic E-state index is -0.349. The molecule has 0 heterocycles. The zero-order chi connectivity index (χ0) is 13.8. The lowest BCUT2D eigenvalue weighted by Crippen LogP contribution is -2.50. The molecule has 1 aliphatic carbocycles. The first-order valence-electron chi connectivity index (χ1n) is 6.96. The topological polar surface area (TPSA) is 52.6 Å². The molecule has 1 fully saturated rings. The number of nitrogens with one attached hydrogen (secondary N) is 1. The lowest BCUT2D eigenvalue weighted by atomic mass is 9.87. The Labute approximate surface area is 111 Å². The average molecular weight is 256 g/mol. The van der Waals surface area contributed by atoms with Crippen LogP contribution in [-0.2, 0) is 4.79 Å². The molecule has 1 rings (SSSR count). The van der Waals surface area contributed by atoms with Gasteiger partial charge in [0, 0.05) is 11.6 Å². The highest BCUT2D eigenvalue weighted by Crippen LogP contribution is 2.23. The van der Waals surface area contributed by atoms with E-state index in [0.29, 0.717) is 12.6 Å². The molecule has 1 aliphatic rings. The van der Waals surface area contributed by atoms with Gasteiger partial charge in [0.15, 0.2) is 0 Å². The highest BCUT2D eigenvalue weighted by Gasteiger charge is 2.25. The predicted octanol–water partition coefficient (Wildman–Crippen LogP) is 1.38. The van der Waals surface area contributed by atoms with E-state index in [1.54, 1.807) is 0 Å². The zero-order valence-electron chi connectivity index (χ0n) is 12.2. The summed E-state index contributed by atoms with van der Waals surface area (Å²) >= 11 is 0. The number of aliphatic hydroxyl groups excluding tert-OH is 1. The Morgan fingerprint density at radius 1 is 1.33 bits per heavy atom. The number of carbonyl (C=O) groups is 1. The summed E-state index contributed by atoms with van der Waals surface area (Å²) in [4.78, 5) is 13.8. The summed E-state index contributed by atoms with van der Waals surface area (Å²) in [6.07, 6.45) is 4.62. The van der Waals surface area contributed by atoms with Crippen LogP contribution in [0, 0.1) is 5.92 Å². The molecular weight excluding hydrogens is 228 g/mol. The molecule has 4 nitrogen and oxygen atoms in total. The number of hydrogen-bond acceptors (Lipinski definition) is 3. The molecule has 18 heavy (non-hydrogen) atoms. The minimum absolute atomic E-state index is 0.0533. The maximum absolute atomic E-state index is 11.9. The summed E-state index contributed by atoms with van der Waals surface area (Å²) in [6, 6.07) is 0.347. The van der Waals surface area contributed by atoms with Crippen LogP contribution in [0.5, 0.6) is 0 Å². The molecule has 4 heteroatoms. The Hall–Kier alpha value is -0.610. The predicted molar refractivity (Wildman–Crippen MR) is 73.4 cm³/mol. The van der Waals surface area contributed by atoms with Crippen molar-refractivity contribution in [1.29, 1.82) is 0 Å². The minimum Gasteiger partial charge on any atom is -0.394 e. The number of nitrogens with zero attached hydrogens (tertiary/aromatic N) is 1. The van der Waals surface area contributed by atoms with E-state index in [-0.39, 0.29) is 18.1 Å². The van der Waals surface area contributed by atoms with Crippen LogP contribution < -0.4 is 5.32 Å². The molecule has 0 saturated heterocycles. The molecule has 0 bridgehead atoms. The molecule has 106 valence electrons. The number of likely N-dealkylation sites (N-methyl/N-ethyl adjacent to an activating group) is 1. The van der Waals surface area contributed by atoms with Crippen LogP contribution in [0.2, 0.25) is 0 Å². The fraction of sp³-hybridized carbons (Fsp3) is 0.929. The van der Waals surface area contributed by atoms with E-state index in [0.717, 1.165) is 18.8 Å². The van der Waals surface area contributed by atoms with Crippen LogP contribution in [-0.4, -0.2) is 47.7 Å². The number of amides is 1. The van der Waals surface area contributed by atoms with Crippen LogP contribution in [0.4, 0.5) is 0 Å². The van der Waals surface area contributed by atoms with Crippen molar-refractivity contribution in [3.05, 3.63) is 0 Å². The van der Waals surface area contributed by atoms with Crippen molar-refractivity contribution in [3.63, 3.8) is 0 Å². The smallest absolute Gasteiger partial charge is 0.234 e. The van der Waals surface area contributed by atoms with Gasteiger partial charge in [-0.3, -0.25) is 9.69 Å². The second-order valence-corrected chi connectivity index (χ2v) is 6.35. The fourth-order valence-corrected chi connectivity index (χ4v) is 2.23. The van der Waals surface area contributed by atoms with Crippen LogP contribution >= 0.6 is 0 Å². The second kappa shape index (κ2) is 6.53. The quantitative estimate of drug-likeness (QED) is 0.781. The van der Waals surface area contributed by atoms with Crippen molar-refractivity contribution in [2.75, 3.05) is 20.2 Å². The van der Waals surface area contributed by atoms with Gasteiger partial charge in [-0.1, -0.05) is 6.92 Å². The van der Waals surface area contributed by atoms with Crippen LogP contribution in [0.15, 0.2) is 0 Å². The Morgan fingerprint density at radius 2 is 1.89 bits per heavy atom. The van der Waals surface area contributed by atoms with E-state index in [1.807, 2.05) is 25.8 Å².